The van der Waals surface area contributed by atoms with Crippen molar-refractivity contribution in [1.29, 1.82) is 0 Å². The number of alkyl halides is 3. The smallest absolute Gasteiger partial charge is 0.254 e. The number of allylic oxidation sites excluding steroid dienone is 2. The number of amides is 4. The Balaban J connectivity index is 1.75. The Morgan fingerprint density at radius 3 is 2.34 bits per heavy atom. The molecule has 1 saturated carbocycles. The quantitative estimate of drug-likeness (QED) is 0.214. The van der Waals surface area contributed by atoms with Gasteiger partial charge in [-0.1, -0.05) is 27.6 Å². The number of rotatable bonds is 3. The third-order valence-electron chi connectivity index (χ3n) is 8.29. The van der Waals surface area contributed by atoms with Crippen LogP contribution in [0.25, 0.3) is 0 Å². The zero-order valence-corrected chi connectivity index (χ0v) is 25.7. The van der Waals surface area contributed by atoms with Crippen molar-refractivity contribution in [2.45, 2.75) is 54.8 Å². The summed E-state index contributed by atoms with van der Waals surface area (Å²) in [4.78, 5) is 53.2. The number of hydrogen-bond donors (Lipinski definition) is 1. The largest absolute Gasteiger partial charge is 0.503 e. The highest BCUT2D eigenvalue weighted by molar-refractivity contribution is 9.10. The van der Waals surface area contributed by atoms with E-state index in [4.69, 9.17) is 27.9 Å². The summed E-state index contributed by atoms with van der Waals surface area (Å²) in [6.45, 7) is 5.41. The number of likely N-dealkylation sites (tertiary alicyclic amines) is 2. The maximum atomic E-state index is 13.8. The second-order valence-electron chi connectivity index (χ2n) is 11.2. The summed E-state index contributed by atoms with van der Waals surface area (Å²) >= 11 is 21.0. The van der Waals surface area contributed by atoms with E-state index in [0.717, 1.165) is 4.90 Å². The molecule has 12 heteroatoms. The Morgan fingerprint density at radius 2 is 1.76 bits per heavy atom. The minimum absolute atomic E-state index is 0.0803. The predicted molar refractivity (Wildman–Crippen MR) is 147 cm³/mol. The number of fused-ring (bicyclic) bond motifs is 4. The van der Waals surface area contributed by atoms with E-state index in [0.29, 0.717) is 15.6 Å². The zero-order chi connectivity index (χ0) is 28.1. The number of hydrogen-bond acceptors (Lipinski definition) is 6. The van der Waals surface area contributed by atoms with Crippen molar-refractivity contribution in [2.75, 3.05) is 12.6 Å². The summed E-state index contributed by atoms with van der Waals surface area (Å²) < 4.78 is 5.65. The Morgan fingerprint density at radius 1 is 1.11 bits per heavy atom. The standard InChI is InChI=1S/C26H26Br2Cl2N2O6/c1-24(2,3)32-20(34)13-6-5-12-14(17(13)21(32)35)9-25(29)22(36)31(10-27)23(37)26(25,30)18(12)11-7-15(28)19(33)16(8-11)38-4/h5,7-8,13-14,17-18,33H,6,9-10H2,1-4H3. The summed E-state index contributed by atoms with van der Waals surface area (Å²) in [6.07, 6.45) is 2.08. The topological polar surface area (TPSA) is 104 Å². The lowest BCUT2D eigenvalue weighted by Crippen LogP contribution is -2.60. The Kier molecular flexibility index (Phi) is 6.57. The Labute approximate surface area is 246 Å². The maximum absolute atomic E-state index is 13.8. The molecule has 2 saturated heterocycles. The molecule has 4 amide bonds. The highest BCUT2D eigenvalue weighted by Crippen LogP contribution is 2.66. The molecule has 204 valence electrons. The first kappa shape index (κ1) is 27.9. The second kappa shape index (κ2) is 8.94. The van der Waals surface area contributed by atoms with Crippen molar-refractivity contribution in [3.63, 3.8) is 0 Å². The van der Waals surface area contributed by atoms with Crippen LogP contribution < -0.4 is 4.74 Å². The van der Waals surface area contributed by atoms with Gasteiger partial charge in [-0.3, -0.25) is 29.0 Å². The third kappa shape index (κ3) is 3.45. The van der Waals surface area contributed by atoms with E-state index >= 15 is 0 Å². The maximum Gasteiger partial charge on any atom is 0.254 e. The average molecular weight is 693 g/mol. The molecule has 1 aromatic carbocycles. The highest BCUT2D eigenvalue weighted by atomic mass is 79.9. The Bertz CT molecular complexity index is 1330. The van der Waals surface area contributed by atoms with E-state index in [9.17, 15) is 24.3 Å². The van der Waals surface area contributed by atoms with Gasteiger partial charge in [0, 0.05) is 11.5 Å². The molecule has 3 fully saturated rings. The van der Waals surface area contributed by atoms with E-state index in [-0.39, 0.29) is 41.6 Å². The summed E-state index contributed by atoms with van der Waals surface area (Å²) in [5, 5.41) is 10.5. The van der Waals surface area contributed by atoms with Crippen LogP contribution in [-0.2, 0) is 19.2 Å². The zero-order valence-electron chi connectivity index (χ0n) is 21.1. The molecule has 0 aromatic heterocycles. The van der Waals surface area contributed by atoms with Crippen LogP contribution >= 0.6 is 55.1 Å². The number of phenolic OH excluding ortho intramolecular Hbond substituents is 1. The van der Waals surface area contributed by atoms with Crippen LogP contribution in [0, 0.1) is 17.8 Å². The molecule has 0 radical (unpaired) electrons. The number of imide groups is 2. The number of carbonyl (C=O) groups excluding carboxylic acids is 4. The van der Waals surface area contributed by atoms with Gasteiger partial charge in [0.15, 0.2) is 21.2 Å². The molecular weight excluding hydrogens is 667 g/mol. The first-order valence-electron chi connectivity index (χ1n) is 12.1. The van der Waals surface area contributed by atoms with E-state index in [1.807, 2.05) is 6.08 Å². The minimum atomic E-state index is -1.93. The molecule has 4 aliphatic rings. The number of aromatic hydroxyl groups is 1. The predicted octanol–water partition coefficient (Wildman–Crippen LogP) is 4.67. The minimum Gasteiger partial charge on any atom is -0.503 e. The fourth-order valence-electron chi connectivity index (χ4n) is 6.70. The van der Waals surface area contributed by atoms with Gasteiger partial charge >= 0.3 is 0 Å². The van der Waals surface area contributed by atoms with Crippen molar-refractivity contribution in [2.24, 2.45) is 17.8 Å². The van der Waals surface area contributed by atoms with E-state index in [1.165, 1.54) is 12.0 Å². The number of benzene rings is 1. The average Bonchev–Trinajstić information content (AvgIpc) is 3.19. The number of ether oxygens (including phenoxy) is 1. The van der Waals surface area contributed by atoms with Crippen LogP contribution in [-0.4, -0.2) is 66.4 Å². The third-order valence-corrected chi connectivity index (χ3v) is 10.8. The molecule has 2 aliphatic heterocycles. The van der Waals surface area contributed by atoms with Gasteiger partial charge in [-0.05, 0) is 73.2 Å². The van der Waals surface area contributed by atoms with Crippen LogP contribution in [0.2, 0.25) is 0 Å². The first-order chi connectivity index (χ1) is 17.6. The summed E-state index contributed by atoms with van der Waals surface area (Å²) in [5.41, 5.74) is 0.318. The Hall–Kier alpha value is -1.62. The number of halogens is 4. The molecule has 1 N–H and O–H groups in total. The molecule has 1 aromatic rings. The molecule has 6 unspecified atom stereocenters. The molecule has 2 heterocycles. The summed E-state index contributed by atoms with van der Waals surface area (Å²) in [5.74, 6) is -4.80. The highest BCUT2D eigenvalue weighted by Gasteiger charge is 2.76. The van der Waals surface area contributed by atoms with Gasteiger partial charge in [0.05, 0.1) is 28.9 Å². The van der Waals surface area contributed by atoms with Crippen molar-refractivity contribution in [3.05, 3.63) is 33.8 Å². The fourth-order valence-corrected chi connectivity index (χ4v) is 8.59. The number of nitrogens with zero attached hydrogens (tertiary/aromatic N) is 2. The van der Waals surface area contributed by atoms with Gasteiger partial charge in [-0.15, -0.1) is 23.2 Å². The monoisotopic (exact) mass is 690 g/mol. The molecule has 38 heavy (non-hydrogen) atoms. The van der Waals surface area contributed by atoms with Crippen LogP contribution in [0.4, 0.5) is 0 Å². The molecule has 6 atom stereocenters. The number of phenols is 1. The molecule has 8 nitrogen and oxygen atoms in total. The lowest BCUT2D eigenvalue weighted by molar-refractivity contribution is -0.146. The van der Waals surface area contributed by atoms with E-state index in [2.05, 4.69) is 31.9 Å². The number of carbonyl (C=O) groups is 4. The first-order valence-corrected chi connectivity index (χ1v) is 14.8. The van der Waals surface area contributed by atoms with Gasteiger partial charge in [-0.2, -0.15) is 0 Å². The van der Waals surface area contributed by atoms with E-state index < -0.39 is 50.8 Å². The summed E-state index contributed by atoms with van der Waals surface area (Å²) in [7, 11) is 1.39. The van der Waals surface area contributed by atoms with Gasteiger partial charge in [-0.25, -0.2) is 0 Å². The van der Waals surface area contributed by atoms with Gasteiger partial charge in [0.2, 0.25) is 11.8 Å². The molecular formula is C26H26Br2Cl2N2O6. The molecule has 0 spiro atoms. The van der Waals surface area contributed by atoms with Crippen LogP contribution in [0.5, 0.6) is 11.5 Å². The lowest BCUT2D eigenvalue weighted by Gasteiger charge is -2.50. The van der Waals surface area contributed by atoms with Crippen LogP contribution in [0.1, 0.15) is 45.1 Å². The summed E-state index contributed by atoms with van der Waals surface area (Å²) in [6, 6.07) is 3.16. The van der Waals surface area contributed by atoms with Crippen LogP contribution in [0.15, 0.2) is 28.3 Å². The fraction of sp³-hybridized carbons (Fsp3) is 0.538. The normalized spacial score (nSPS) is 34.8. The van der Waals surface area contributed by atoms with Gasteiger partial charge in [0.25, 0.3) is 11.8 Å². The second-order valence-corrected chi connectivity index (χ2v) is 13.8. The molecule has 2 aliphatic carbocycles. The van der Waals surface area contributed by atoms with Crippen molar-refractivity contribution >= 4 is 78.7 Å². The van der Waals surface area contributed by atoms with Gasteiger partial charge < -0.3 is 9.84 Å². The number of methoxy groups -OCH3 is 1. The lowest BCUT2D eigenvalue weighted by atomic mass is 9.56. The SMILES string of the molecule is COc1cc(C2C3=CCC4C(=O)N(C(C)(C)C)C(=O)C4C3CC3(Cl)C(=O)N(CBr)C(=O)C23Cl)cc(Br)c1O. The van der Waals surface area contributed by atoms with Crippen molar-refractivity contribution in [1.82, 2.24) is 9.80 Å². The van der Waals surface area contributed by atoms with Crippen molar-refractivity contribution < 1.29 is 29.0 Å². The van der Waals surface area contributed by atoms with Crippen LogP contribution in [0.3, 0.4) is 0 Å². The van der Waals surface area contributed by atoms with Crippen molar-refractivity contribution in [3.8, 4) is 11.5 Å². The van der Waals surface area contributed by atoms with Gasteiger partial charge in [0.1, 0.15) is 0 Å². The molecule has 0 bridgehead atoms. The molecule has 5 rings (SSSR count). The van der Waals surface area contributed by atoms with E-state index in [1.54, 1.807) is 32.9 Å².